The van der Waals surface area contributed by atoms with Gasteiger partial charge >= 0.3 is 0 Å². The molecule has 5 heteroatoms. The highest BCUT2D eigenvalue weighted by molar-refractivity contribution is 5.62. The highest BCUT2D eigenvalue weighted by Gasteiger charge is 2.12. The average molecular weight is 211 g/mol. The maximum absolute atomic E-state index is 9.36. The molecule has 1 atom stereocenters. The maximum Gasteiger partial charge on any atom is 0.0812 e. The molecule has 0 saturated carbocycles. The van der Waals surface area contributed by atoms with E-state index in [1.807, 2.05) is 0 Å². The lowest BCUT2D eigenvalue weighted by Crippen LogP contribution is -2.19. The van der Waals surface area contributed by atoms with Crippen molar-refractivity contribution in [3.8, 4) is 0 Å². The van der Waals surface area contributed by atoms with Crippen LogP contribution in [0, 0.1) is 0 Å². The molecule has 8 N–H and O–H groups in total. The number of nitrogen functional groups attached to an aromatic ring is 2. The molecule has 0 radical (unpaired) electrons. The van der Waals surface area contributed by atoms with Gasteiger partial charge in [0.2, 0.25) is 0 Å². The molecule has 0 spiro atoms. The summed E-state index contributed by atoms with van der Waals surface area (Å²) in [5, 5.41) is 18.1. The summed E-state index contributed by atoms with van der Waals surface area (Å²) in [6.07, 6.45) is -0.570. The van der Waals surface area contributed by atoms with Crippen molar-refractivity contribution in [1.82, 2.24) is 0 Å². The van der Waals surface area contributed by atoms with Crippen molar-refractivity contribution in [1.29, 1.82) is 0 Å². The highest BCUT2D eigenvalue weighted by Crippen LogP contribution is 2.24. The lowest BCUT2D eigenvalue weighted by molar-refractivity contribution is 0.0955. The molecule has 0 bridgehead atoms. The Morgan fingerprint density at radius 1 is 1.13 bits per heavy atom. The second-order valence-corrected chi connectivity index (χ2v) is 3.45. The second kappa shape index (κ2) is 4.97. The number of benzene rings is 1. The Labute approximate surface area is 88.5 Å². The van der Waals surface area contributed by atoms with Gasteiger partial charge in [0, 0.05) is 24.3 Å². The highest BCUT2D eigenvalue weighted by atomic mass is 16.3. The molecule has 1 unspecified atom stereocenters. The number of rotatable bonds is 4. The van der Waals surface area contributed by atoms with Gasteiger partial charge < -0.3 is 27.4 Å². The van der Waals surface area contributed by atoms with Crippen molar-refractivity contribution in [3.05, 3.63) is 23.3 Å². The molecule has 1 aromatic rings. The Balaban J connectivity index is 3.08. The van der Waals surface area contributed by atoms with Gasteiger partial charge in [0.15, 0.2) is 0 Å². The van der Waals surface area contributed by atoms with Gasteiger partial charge in [-0.05, 0) is 23.3 Å². The predicted octanol–water partition coefficient (Wildman–Crippen LogP) is -0.795. The first kappa shape index (κ1) is 11.8. The minimum absolute atomic E-state index is 0.264. The molecular formula is C10H17N3O2. The molecule has 0 heterocycles. The number of nitrogens with two attached hydrogens (primary N) is 3. The Bertz CT molecular complexity index is 342. The summed E-state index contributed by atoms with van der Waals surface area (Å²) in [6, 6.07) is 3.36. The van der Waals surface area contributed by atoms with Gasteiger partial charge in [-0.25, -0.2) is 0 Å². The van der Waals surface area contributed by atoms with Crippen LogP contribution in [0.25, 0.3) is 0 Å². The molecule has 0 amide bonds. The molecule has 1 aromatic carbocycles. The zero-order valence-corrected chi connectivity index (χ0v) is 8.48. The SMILES string of the molecule is NCc1c(N)ccc(N)c1CC(O)CO. The number of hydrogen-bond donors (Lipinski definition) is 5. The molecule has 0 aliphatic carbocycles. The van der Waals surface area contributed by atoms with Gasteiger partial charge in [-0.3, -0.25) is 0 Å². The van der Waals surface area contributed by atoms with E-state index in [4.69, 9.17) is 22.3 Å². The third-order valence-electron chi connectivity index (χ3n) is 2.36. The molecule has 5 nitrogen and oxygen atoms in total. The molecule has 0 aliphatic heterocycles. The van der Waals surface area contributed by atoms with Crippen molar-refractivity contribution in [2.75, 3.05) is 18.1 Å². The van der Waals surface area contributed by atoms with Crippen LogP contribution in [0.1, 0.15) is 11.1 Å². The second-order valence-electron chi connectivity index (χ2n) is 3.45. The molecular weight excluding hydrogens is 194 g/mol. The van der Waals surface area contributed by atoms with E-state index < -0.39 is 6.10 Å². The van der Waals surface area contributed by atoms with E-state index in [0.717, 1.165) is 11.1 Å². The summed E-state index contributed by atoms with van der Waals surface area (Å²) in [7, 11) is 0. The number of aliphatic hydroxyl groups is 2. The van der Waals surface area contributed by atoms with E-state index in [2.05, 4.69) is 0 Å². The van der Waals surface area contributed by atoms with Gasteiger partial charge in [-0.2, -0.15) is 0 Å². The largest absolute Gasteiger partial charge is 0.398 e. The van der Waals surface area contributed by atoms with E-state index in [-0.39, 0.29) is 19.6 Å². The van der Waals surface area contributed by atoms with Gasteiger partial charge in [0.05, 0.1) is 12.7 Å². The summed E-state index contributed by atoms with van der Waals surface area (Å²) in [5.74, 6) is 0. The van der Waals surface area contributed by atoms with E-state index >= 15 is 0 Å². The minimum atomic E-state index is -0.834. The molecule has 0 saturated heterocycles. The first-order valence-corrected chi connectivity index (χ1v) is 4.74. The standard InChI is InChI=1S/C10H17N3O2/c11-4-8-7(3-6(15)5-14)9(12)1-2-10(8)13/h1-2,6,14-15H,3-5,11-13H2. The third-order valence-corrected chi connectivity index (χ3v) is 2.36. The molecule has 0 aliphatic rings. The average Bonchev–Trinajstić information content (AvgIpc) is 2.23. The topological polar surface area (TPSA) is 119 Å². The van der Waals surface area contributed by atoms with E-state index in [1.165, 1.54) is 0 Å². The molecule has 0 aromatic heterocycles. The third kappa shape index (κ3) is 2.59. The maximum atomic E-state index is 9.36. The van der Waals surface area contributed by atoms with Crippen molar-refractivity contribution < 1.29 is 10.2 Å². The summed E-state index contributed by atoms with van der Waals surface area (Å²) < 4.78 is 0. The molecule has 84 valence electrons. The van der Waals surface area contributed by atoms with Crippen LogP contribution < -0.4 is 17.2 Å². The van der Waals surface area contributed by atoms with Gasteiger partial charge in [0.25, 0.3) is 0 Å². The zero-order valence-electron chi connectivity index (χ0n) is 8.48. The summed E-state index contributed by atoms with van der Waals surface area (Å²) in [5.41, 5.74) is 19.6. The van der Waals surface area contributed by atoms with Gasteiger partial charge in [-0.1, -0.05) is 0 Å². The van der Waals surface area contributed by atoms with Gasteiger partial charge in [-0.15, -0.1) is 0 Å². The first-order valence-electron chi connectivity index (χ1n) is 4.74. The summed E-state index contributed by atoms with van der Waals surface area (Å²) in [4.78, 5) is 0. The van der Waals surface area contributed by atoms with Crippen LogP contribution in [0.15, 0.2) is 12.1 Å². The van der Waals surface area contributed by atoms with E-state index in [1.54, 1.807) is 12.1 Å². The van der Waals surface area contributed by atoms with Crippen LogP contribution in [0.2, 0.25) is 0 Å². The Morgan fingerprint density at radius 3 is 2.13 bits per heavy atom. The van der Waals surface area contributed by atoms with E-state index in [9.17, 15) is 5.11 Å². The quantitative estimate of drug-likeness (QED) is 0.418. The van der Waals surface area contributed by atoms with Crippen molar-refractivity contribution in [3.63, 3.8) is 0 Å². The van der Waals surface area contributed by atoms with Crippen LogP contribution in [0.3, 0.4) is 0 Å². The Morgan fingerprint density at radius 2 is 1.67 bits per heavy atom. The smallest absolute Gasteiger partial charge is 0.0812 e. The minimum Gasteiger partial charge on any atom is -0.398 e. The Hall–Kier alpha value is -1.30. The number of aliphatic hydroxyl groups excluding tert-OH is 2. The Kier molecular flexibility index (Phi) is 3.90. The lowest BCUT2D eigenvalue weighted by Gasteiger charge is -2.15. The zero-order chi connectivity index (χ0) is 11.4. The molecule has 0 fully saturated rings. The molecule has 15 heavy (non-hydrogen) atoms. The predicted molar refractivity (Wildman–Crippen MR) is 60.0 cm³/mol. The van der Waals surface area contributed by atoms with E-state index in [0.29, 0.717) is 11.4 Å². The fourth-order valence-corrected chi connectivity index (χ4v) is 1.51. The van der Waals surface area contributed by atoms with Crippen molar-refractivity contribution in [2.24, 2.45) is 5.73 Å². The molecule has 1 rings (SSSR count). The lowest BCUT2D eigenvalue weighted by atomic mass is 9.98. The van der Waals surface area contributed by atoms with Crippen LogP contribution in [-0.4, -0.2) is 22.9 Å². The van der Waals surface area contributed by atoms with Crippen LogP contribution in [0.4, 0.5) is 11.4 Å². The first-order chi connectivity index (χ1) is 7.10. The fraction of sp³-hybridized carbons (Fsp3) is 0.400. The monoisotopic (exact) mass is 211 g/mol. The van der Waals surface area contributed by atoms with Crippen LogP contribution in [0.5, 0.6) is 0 Å². The van der Waals surface area contributed by atoms with Gasteiger partial charge in [0.1, 0.15) is 0 Å². The van der Waals surface area contributed by atoms with Crippen LogP contribution in [-0.2, 0) is 13.0 Å². The normalized spacial score (nSPS) is 12.7. The van der Waals surface area contributed by atoms with Crippen molar-refractivity contribution >= 4 is 11.4 Å². The summed E-state index contributed by atoms with van der Waals surface area (Å²) in [6.45, 7) is -0.0391. The fourth-order valence-electron chi connectivity index (χ4n) is 1.51. The number of hydrogen-bond acceptors (Lipinski definition) is 5. The number of anilines is 2. The summed E-state index contributed by atoms with van der Waals surface area (Å²) >= 11 is 0. The van der Waals surface area contributed by atoms with Crippen molar-refractivity contribution in [2.45, 2.75) is 19.1 Å². The van der Waals surface area contributed by atoms with Crippen LogP contribution >= 0.6 is 0 Å².